The van der Waals surface area contributed by atoms with Gasteiger partial charge in [-0.1, -0.05) is 6.07 Å². The van der Waals surface area contributed by atoms with Gasteiger partial charge in [-0.2, -0.15) is 4.98 Å². The van der Waals surface area contributed by atoms with E-state index in [0.717, 1.165) is 5.56 Å². The Hall–Kier alpha value is -3.89. The zero-order valence-corrected chi connectivity index (χ0v) is 16.4. The molecule has 1 aliphatic heterocycles. The number of fused-ring (bicyclic) bond motifs is 2. The van der Waals surface area contributed by atoms with E-state index in [9.17, 15) is 9.59 Å². The smallest absolute Gasteiger partial charge is 0.414 e. The summed E-state index contributed by atoms with van der Waals surface area (Å²) in [5.74, 6) is 0.891. The summed E-state index contributed by atoms with van der Waals surface area (Å²) < 4.78 is 22.3. The largest absolute Gasteiger partial charge is 0.465 e. The third kappa shape index (κ3) is 4.09. The van der Waals surface area contributed by atoms with Crippen LogP contribution in [-0.4, -0.2) is 45.0 Å². The number of hydrogen-bond acceptors (Lipinski definition) is 9. The number of aryl methyl sites for hydroxylation is 1. The van der Waals surface area contributed by atoms with Crippen LogP contribution in [0.3, 0.4) is 0 Å². The number of rotatable bonds is 6. The highest BCUT2D eigenvalue weighted by Crippen LogP contribution is 2.32. The summed E-state index contributed by atoms with van der Waals surface area (Å²) in [4.78, 5) is 36.7. The highest BCUT2D eigenvalue weighted by Gasteiger charge is 2.16. The molecule has 0 atom stereocenters. The lowest BCUT2D eigenvalue weighted by Crippen LogP contribution is -2.17. The number of imidazole rings is 1. The number of nitrogens with one attached hydrogen (secondary N) is 1. The van der Waals surface area contributed by atoms with Crippen LogP contribution in [0, 0.1) is 6.92 Å². The van der Waals surface area contributed by atoms with Crippen LogP contribution in [0.4, 0.5) is 10.7 Å². The zero-order chi connectivity index (χ0) is 21.1. The maximum Gasteiger partial charge on any atom is 0.414 e. The summed E-state index contributed by atoms with van der Waals surface area (Å²) in [5, 5.41) is 2.50. The van der Waals surface area contributed by atoms with Gasteiger partial charge in [0, 0.05) is 0 Å². The minimum absolute atomic E-state index is 0.0322. The van der Waals surface area contributed by atoms with Crippen molar-refractivity contribution in [2.45, 2.75) is 27.0 Å². The first kappa shape index (κ1) is 19.4. The number of carbonyl (C=O) groups excluding carboxylic acids is 2. The number of ether oxygens (including phenoxy) is 4. The lowest BCUT2D eigenvalue weighted by atomic mass is 10.2. The van der Waals surface area contributed by atoms with Gasteiger partial charge < -0.3 is 23.5 Å². The zero-order valence-electron chi connectivity index (χ0n) is 16.4. The third-order valence-electron chi connectivity index (χ3n) is 4.26. The molecule has 3 aromatic rings. The topological polar surface area (TPSA) is 127 Å². The van der Waals surface area contributed by atoms with Gasteiger partial charge in [0.05, 0.1) is 18.6 Å². The molecule has 0 spiro atoms. The molecule has 0 unspecified atom stereocenters. The van der Waals surface area contributed by atoms with Gasteiger partial charge >= 0.3 is 12.1 Å². The summed E-state index contributed by atoms with van der Waals surface area (Å²) in [6.45, 7) is 3.90. The molecule has 1 aliphatic rings. The van der Waals surface area contributed by atoms with Crippen molar-refractivity contribution in [2.24, 2.45) is 0 Å². The van der Waals surface area contributed by atoms with Gasteiger partial charge in [0.2, 0.25) is 12.7 Å². The standard InChI is InChI=1S/C19H19N5O6/c1-3-27-15(25)7-24-9-20-16-11(2)21-18(22-17(16)24)23-19(26)28-8-12-4-5-13-14(6-12)30-10-29-13/h4-6,9H,3,7-8,10H2,1-2H3,(H,21,22,23,26). The Bertz CT molecular complexity index is 1110. The van der Waals surface area contributed by atoms with E-state index in [2.05, 4.69) is 20.3 Å². The van der Waals surface area contributed by atoms with E-state index in [0.29, 0.717) is 28.4 Å². The lowest BCUT2D eigenvalue weighted by Gasteiger charge is -2.08. The number of nitrogens with zero attached hydrogens (tertiary/aromatic N) is 4. The van der Waals surface area contributed by atoms with Crippen molar-refractivity contribution in [3.8, 4) is 11.5 Å². The molecule has 0 aliphatic carbocycles. The number of hydrogen-bond donors (Lipinski definition) is 1. The number of benzene rings is 1. The fraction of sp³-hybridized carbons (Fsp3) is 0.316. The number of anilines is 1. The summed E-state index contributed by atoms with van der Waals surface area (Å²) in [5.41, 5.74) is 2.23. The van der Waals surface area contributed by atoms with Crippen LogP contribution in [0.15, 0.2) is 24.5 Å². The van der Waals surface area contributed by atoms with Crippen molar-refractivity contribution < 1.29 is 28.5 Å². The van der Waals surface area contributed by atoms with Gasteiger partial charge in [-0.25, -0.2) is 14.8 Å². The van der Waals surface area contributed by atoms with E-state index in [4.69, 9.17) is 18.9 Å². The molecular formula is C19H19N5O6. The van der Waals surface area contributed by atoms with Gasteiger partial charge in [-0.05, 0) is 31.5 Å². The molecule has 11 nitrogen and oxygen atoms in total. The molecule has 3 heterocycles. The van der Waals surface area contributed by atoms with E-state index in [1.54, 1.807) is 32.0 Å². The van der Waals surface area contributed by atoms with Crippen molar-refractivity contribution in [2.75, 3.05) is 18.7 Å². The molecule has 1 aromatic carbocycles. The molecule has 0 bridgehead atoms. The van der Waals surface area contributed by atoms with E-state index in [-0.39, 0.29) is 32.5 Å². The van der Waals surface area contributed by atoms with Crippen molar-refractivity contribution >= 4 is 29.2 Å². The van der Waals surface area contributed by atoms with Crippen molar-refractivity contribution in [3.05, 3.63) is 35.8 Å². The molecule has 1 amide bonds. The SMILES string of the molecule is CCOC(=O)Cn1cnc2c(C)nc(NC(=O)OCc3ccc4c(c3)OCO4)nc21. The van der Waals surface area contributed by atoms with E-state index >= 15 is 0 Å². The summed E-state index contributed by atoms with van der Waals surface area (Å²) in [7, 11) is 0. The molecule has 1 N–H and O–H groups in total. The highest BCUT2D eigenvalue weighted by molar-refractivity contribution is 5.84. The van der Waals surface area contributed by atoms with Crippen LogP contribution >= 0.6 is 0 Å². The monoisotopic (exact) mass is 413 g/mol. The Balaban J connectivity index is 1.43. The van der Waals surface area contributed by atoms with Crippen LogP contribution < -0.4 is 14.8 Å². The Morgan fingerprint density at radius 1 is 1.20 bits per heavy atom. The van der Waals surface area contributed by atoms with E-state index in [1.165, 1.54) is 10.9 Å². The Kier molecular flexibility index (Phi) is 5.33. The fourth-order valence-electron chi connectivity index (χ4n) is 2.91. The minimum atomic E-state index is -0.720. The van der Waals surface area contributed by atoms with Crippen molar-refractivity contribution in [1.29, 1.82) is 0 Å². The van der Waals surface area contributed by atoms with Crippen LogP contribution in [0.25, 0.3) is 11.2 Å². The molecule has 4 rings (SSSR count). The molecule has 156 valence electrons. The molecular weight excluding hydrogens is 394 g/mol. The second-order valence-electron chi connectivity index (χ2n) is 6.37. The van der Waals surface area contributed by atoms with Gasteiger partial charge in [0.25, 0.3) is 0 Å². The first-order valence-electron chi connectivity index (χ1n) is 9.21. The first-order chi connectivity index (χ1) is 14.5. The number of aromatic nitrogens is 4. The average Bonchev–Trinajstić information content (AvgIpc) is 3.33. The highest BCUT2D eigenvalue weighted by atomic mass is 16.7. The van der Waals surface area contributed by atoms with Crippen LogP contribution in [0.5, 0.6) is 11.5 Å². The first-order valence-corrected chi connectivity index (χ1v) is 9.21. The predicted octanol–water partition coefficient (Wildman–Crippen LogP) is 2.18. The molecule has 0 radical (unpaired) electrons. The predicted molar refractivity (Wildman–Crippen MR) is 103 cm³/mol. The Morgan fingerprint density at radius 3 is 2.87 bits per heavy atom. The van der Waals surface area contributed by atoms with Gasteiger partial charge in [0.15, 0.2) is 17.1 Å². The normalized spacial score (nSPS) is 12.1. The van der Waals surface area contributed by atoms with Crippen LogP contribution in [0.2, 0.25) is 0 Å². The van der Waals surface area contributed by atoms with Crippen LogP contribution in [-0.2, 0) is 27.4 Å². The van der Waals surface area contributed by atoms with Gasteiger partial charge in [0.1, 0.15) is 18.7 Å². The number of esters is 1. The summed E-state index contributed by atoms with van der Waals surface area (Å²) >= 11 is 0. The average molecular weight is 413 g/mol. The number of amides is 1. The third-order valence-corrected chi connectivity index (χ3v) is 4.26. The second kappa shape index (κ2) is 8.23. The lowest BCUT2D eigenvalue weighted by molar-refractivity contribution is -0.143. The van der Waals surface area contributed by atoms with Gasteiger partial charge in [-0.3, -0.25) is 10.1 Å². The molecule has 11 heteroatoms. The fourth-order valence-corrected chi connectivity index (χ4v) is 2.91. The minimum Gasteiger partial charge on any atom is -0.465 e. The quantitative estimate of drug-likeness (QED) is 0.605. The number of carbonyl (C=O) groups is 2. The van der Waals surface area contributed by atoms with E-state index in [1.807, 2.05) is 0 Å². The van der Waals surface area contributed by atoms with Crippen molar-refractivity contribution in [3.63, 3.8) is 0 Å². The molecule has 0 fully saturated rings. The molecule has 30 heavy (non-hydrogen) atoms. The Labute approximate surface area is 170 Å². The molecule has 0 saturated heterocycles. The van der Waals surface area contributed by atoms with E-state index < -0.39 is 12.1 Å². The summed E-state index contributed by atoms with van der Waals surface area (Å²) in [6, 6.07) is 5.28. The molecule has 2 aromatic heterocycles. The van der Waals surface area contributed by atoms with Gasteiger partial charge in [-0.15, -0.1) is 0 Å². The van der Waals surface area contributed by atoms with Crippen LogP contribution in [0.1, 0.15) is 18.2 Å². The maximum atomic E-state index is 12.2. The Morgan fingerprint density at radius 2 is 2.03 bits per heavy atom. The second-order valence-corrected chi connectivity index (χ2v) is 6.37. The maximum absolute atomic E-state index is 12.2. The summed E-state index contributed by atoms with van der Waals surface area (Å²) in [6.07, 6.45) is 0.758. The van der Waals surface area contributed by atoms with Crippen molar-refractivity contribution in [1.82, 2.24) is 19.5 Å². The molecule has 0 saturated carbocycles.